The summed E-state index contributed by atoms with van der Waals surface area (Å²) >= 11 is 0. The van der Waals surface area contributed by atoms with E-state index in [2.05, 4.69) is 73.4 Å². The van der Waals surface area contributed by atoms with E-state index in [0.29, 0.717) is 35.5 Å². The van der Waals surface area contributed by atoms with Crippen LogP contribution >= 0.6 is 0 Å². The molecule has 1 atom stereocenters. The van der Waals surface area contributed by atoms with Gasteiger partial charge in [-0.15, -0.1) is 0 Å². The Balaban J connectivity index is 0.000000574. The number of unbranched alkanes of at least 4 members (excludes halogenated alkanes) is 1. The Bertz CT molecular complexity index is 1740. The number of anilines is 3. The zero-order valence-corrected chi connectivity index (χ0v) is 34.8. The van der Waals surface area contributed by atoms with Gasteiger partial charge in [0.1, 0.15) is 23.4 Å². The van der Waals surface area contributed by atoms with E-state index in [9.17, 15) is 4.79 Å². The third-order valence-corrected chi connectivity index (χ3v) is 8.23. The summed E-state index contributed by atoms with van der Waals surface area (Å²) in [5.41, 5.74) is 4.04. The summed E-state index contributed by atoms with van der Waals surface area (Å²) in [5.74, 6) is 4.88. The van der Waals surface area contributed by atoms with E-state index in [1.165, 1.54) is 6.42 Å². The van der Waals surface area contributed by atoms with E-state index in [1.54, 1.807) is 30.6 Å². The number of hydrogen-bond donors (Lipinski definition) is 1. The topological polar surface area (TPSA) is 105 Å². The van der Waals surface area contributed by atoms with Crippen LogP contribution in [-0.4, -0.2) is 51.7 Å². The first kappa shape index (κ1) is 45.2. The lowest BCUT2D eigenvalue weighted by molar-refractivity contribution is -0.112. The molecule has 2 aromatic heterocycles. The molecule has 0 spiro atoms. The molecule has 10 nitrogen and oxygen atoms in total. The monoisotopic (exact) mass is 740 g/mol. The Morgan fingerprint density at radius 3 is 2.48 bits per heavy atom. The van der Waals surface area contributed by atoms with Crippen molar-refractivity contribution >= 4 is 40.4 Å². The normalized spacial score (nSPS) is 14.9. The van der Waals surface area contributed by atoms with E-state index in [-0.39, 0.29) is 5.78 Å². The molecule has 5 rings (SSSR count). The van der Waals surface area contributed by atoms with Crippen molar-refractivity contribution in [1.29, 1.82) is 0 Å². The molecule has 0 radical (unpaired) electrons. The molecule has 10 heteroatoms. The van der Waals surface area contributed by atoms with Gasteiger partial charge in [-0.3, -0.25) is 4.79 Å². The van der Waals surface area contributed by atoms with E-state index in [4.69, 9.17) is 14.5 Å². The third-order valence-electron chi connectivity index (χ3n) is 8.23. The molecule has 2 aliphatic rings. The highest BCUT2D eigenvalue weighted by Gasteiger charge is 2.24. The fourth-order valence-corrected chi connectivity index (χ4v) is 5.43. The van der Waals surface area contributed by atoms with Gasteiger partial charge < -0.3 is 19.7 Å². The molecule has 0 saturated heterocycles. The first-order valence-corrected chi connectivity index (χ1v) is 19.7. The summed E-state index contributed by atoms with van der Waals surface area (Å²) in [6.07, 6.45) is 18.2. The Morgan fingerprint density at radius 2 is 1.87 bits per heavy atom. The van der Waals surface area contributed by atoms with Gasteiger partial charge in [-0.1, -0.05) is 80.9 Å². The highest BCUT2D eigenvalue weighted by molar-refractivity contribution is 5.90. The van der Waals surface area contributed by atoms with Gasteiger partial charge in [0, 0.05) is 49.3 Å². The molecule has 0 aliphatic carbocycles. The van der Waals surface area contributed by atoms with Crippen LogP contribution in [0.3, 0.4) is 0 Å². The number of hydrazone groups is 1. The number of pyridine rings is 1. The number of rotatable bonds is 12. The summed E-state index contributed by atoms with van der Waals surface area (Å²) in [6, 6.07) is 7.92. The molecule has 3 aromatic rings. The largest absolute Gasteiger partial charge is 0.489 e. The molecule has 1 unspecified atom stereocenters. The van der Waals surface area contributed by atoms with Gasteiger partial charge in [0.25, 0.3) is 0 Å². The lowest BCUT2D eigenvalue weighted by Crippen LogP contribution is -2.30. The van der Waals surface area contributed by atoms with E-state index in [0.717, 1.165) is 78.6 Å². The van der Waals surface area contributed by atoms with Gasteiger partial charge in [0.05, 0.1) is 17.8 Å². The summed E-state index contributed by atoms with van der Waals surface area (Å²) in [7, 11) is 0. The predicted molar refractivity (Wildman–Crippen MR) is 228 cm³/mol. The van der Waals surface area contributed by atoms with Crippen molar-refractivity contribution < 1.29 is 14.3 Å². The minimum atomic E-state index is 0.145. The number of hydrogen-bond acceptors (Lipinski definition) is 10. The highest BCUT2D eigenvalue weighted by atomic mass is 16.5. The molecule has 2 aliphatic heterocycles. The van der Waals surface area contributed by atoms with Crippen LogP contribution in [0.4, 0.5) is 17.3 Å². The van der Waals surface area contributed by atoms with Crippen molar-refractivity contribution in [3.8, 4) is 11.5 Å². The van der Waals surface area contributed by atoms with Crippen LogP contribution in [-0.2, 0) is 4.79 Å². The molecule has 294 valence electrons. The second kappa shape index (κ2) is 24.3. The molecule has 54 heavy (non-hydrogen) atoms. The number of allylic oxidation sites excluding steroid dienone is 4. The molecule has 0 amide bonds. The zero-order valence-electron chi connectivity index (χ0n) is 34.8. The second-order valence-electron chi connectivity index (χ2n) is 13.1. The van der Waals surface area contributed by atoms with Gasteiger partial charge in [-0.05, 0) is 81.9 Å². The average molecular weight is 740 g/mol. The number of aryl methyl sites for hydroxylation is 1. The fourth-order valence-electron chi connectivity index (χ4n) is 5.43. The highest BCUT2D eigenvalue weighted by Crippen LogP contribution is 2.35. The van der Waals surface area contributed by atoms with Crippen LogP contribution < -0.4 is 19.7 Å². The van der Waals surface area contributed by atoms with E-state index in [1.807, 2.05) is 76.4 Å². The van der Waals surface area contributed by atoms with Crippen LogP contribution in [0.15, 0.2) is 84.2 Å². The van der Waals surface area contributed by atoms with Crippen molar-refractivity contribution in [2.75, 3.05) is 29.9 Å². The predicted octanol–water partition coefficient (Wildman–Crippen LogP) is 11.3. The second-order valence-corrected chi connectivity index (χ2v) is 13.1. The maximum Gasteiger partial charge on any atom is 0.172 e. The van der Waals surface area contributed by atoms with Crippen LogP contribution in [0.1, 0.15) is 107 Å². The van der Waals surface area contributed by atoms with E-state index >= 15 is 0 Å². The maximum absolute atomic E-state index is 10.5. The number of nitrogens with zero attached hydrogens (tertiary/aromatic N) is 6. The maximum atomic E-state index is 10.5. The Hall–Kier alpha value is -4.99. The van der Waals surface area contributed by atoms with E-state index < -0.39 is 0 Å². The van der Waals surface area contributed by atoms with Crippen LogP contribution in [0.25, 0.3) is 11.0 Å². The molecular formula is C44H65N7O3. The van der Waals surface area contributed by atoms with Gasteiger partial charge >= 0.3 is 0 Å². The number of benzene rings is 1. The average Bonchev–Trinajstić information content (AvgIpc) is 3.31. The molecule has 0 bridgehead atoms. The fraction of sp³-hybridized carbons (Fsp3) is 0.477. The lowest BCUT2D eigenvalue weighted by Gasteiger charge is -2.24. The number of fused-ring (bicyclic) bond motifs is 2. The van der Waals surface area contributed by atoms with Gasteiger partial charge in [-0.25, -0.2) is 20.0 Å². The van der Waals surface area contributed by atoms with Gasteiger partial charge in [-0.2, -0.15) is 5.10 Å². The van der Waals surface area contributed by atoms with Crippen molar-refractivity contribution in [3.63, 3.8) is 0 Å². The molecule has 0 fully saturated rings. The summed E-state index contributed by atoms with van der Waals surface area (Å²) in [4.78, 5) is 26.9. The minimum Gasteiger partial charge on any atom is -0.489 e. The minimum absolute atomic E-state index is 0.145. The number of aromatic nitrogens is 3. The Labute approximate surface area is 325 Å². The SMILES string of the molecule is C=C1C=C(Oc2ccc(Nc3ncnc4cc5c(nc34)N(CCCC)CC(C)CO5)cc2C)C=CN1/N=C\C.CC.CCC.CCC(/C=C/C(C)=O)CC. The summed E-state index contributed by atoms with van der Waals surface area (Å²) < 4.78 is 12.3. The number of carbonyl (C=O) groups is 1. The third kappa shape index (κ3) is 14.1. The Morgan fingerprint density at radius 1 is 1.15 bits per heavy atom. The van der Waals surface area contributed by atoms with Crippen molar-refractivity contribution in [1.82, 2.24) is 20.0 Å². The van der Waals surface area contributed by atoms with Gasteiger partial charge in [0.2, 0.25) is 0 Å². The van der Waals surface area contributed by atoms with Crippen LogP contribution in [0, 0.1) is 18.8 Å². The molecule has 1 aromatic carbocycles. The standard InChI is InChI=1S/C30H35N7O2.C9H16O.C3H8.C2H6/c1-6-8-12-36-17-20(3)18-38-27-16-25-28(35-30(27)36)29(32-19-31-25)34-23-9-10-26(21(4)14-23)39-24-11-13-37(33-7-2)22(5)15-24;1-4-9(5-2)7-6-8(3)10;1-3-2;1-2/h7,9-11,13-16,19-20H,5-6,8,12,17-18H2,1-4H3,(H,31,32,34);6-7,9H,4-5H2,1-3H3;3H2,1-2H3;1-2H3/b33-7-;7-6+;;. The molecule has 0 saturated carbocycles. The van der Waals surface area contributed by atoms with Crippen molar-refractivity contribution in [2.45, 2.75) is 108 Å². The smallest absolute Gasteiger partial charge is 0.172 e. The molecule has 4 heterocycles. The Kier molecular flexibility index (Phi) is 20.4. The number of ketones is 1. The first-order chi connectivity index (χ1) is 26.1. The number of carbonyl (C=O) groups excluding carboxylic acids is 1. The van der Waals surface area contributed by atoms with Gasteiger partial charge in [0.15, 0.2) is 23.2 Å². The number of nitrogens with one attached hydrogen (secondary N) is 1. The summed E-state index contributed by atoms with van der Waals surface area (Å²) in [5, 5.41) is 9.37. The molecular weight excluding hydrogens is 675 g/mol. The molecule has 1 N–H and O–H groups in total. The van der Waals surface area contributed by atoms with Crippen LogP contribution in [0.5, 0.6) is 11.5 Å². The number of ether oxygens (including phenoxy) is 2. The lowest BCUT2D eigenvalue weighted by atomic mass is 10.0. The summed E-state index contributed by atoms with van der Waals surface area (Å²) in [6.45, 7) is 28.9. The van der Waals surface area contributed by atoms with Crippen molar-refractivity contribution in [2.24, 2.45) is 16.9 Å². The zero-order chi connectivity index (χ0) is 40.0. The first-order valence-electron chi connectivity index (χ1n) is 19.7. The quantitative estimate of drug-likeness (QED) is 0.143. The van der Waals surface area contributed by atoms with Crippen LogP contribution in [0.2, 0.25) is 0 Å². The van der Waals surface area contributed by atoms with Crippen molar-refractivity contribution in [3.05, 3.63) is 84.7 Å².